The molecule has 4 nitrogen and oxygen atoms in total. The first kappa shape index (κ1) is 14.0. The summed E-state index contributed by atoms with van der Waals surface area (Å²) in [4.78, 5) is 12.0. The second-order valence-electron chi connectivity index (χ2n) is 4.03. The predicted octanol–water partition coefficient (Wildman–Crippen LogP) is 2.73. The highest BCUT2D eigenvalue weighted by Gasteiger charge is 2.07. The molecule has 0 bridgehead atoms. The smallest absolute Gasteiger partial charge is 0.255 e. The Kier molecular flexibility index (Phi) is 4.27. The van der Waals surface area contributed by atoms with Crippen molar-refractivity contribution in [2.24, 2.45) is 5.73 Å². The maximum absolute atomic E-state index is 12.8. The Balaban J connectivity index is 2.12. The number of rotatable bonds is 3. The lowest BCUT2D eigenvalue weighted by atomic mass is 10.2. The van der Waals surface area contributed by atoms with E-state index in [9.17, 15) is 9.18 Å². The summed E-state index contributed by atoms with van der Waals surface area (Å²) >= 11 is 4.73. The molecule has 2 rings (SSSR count). The number of nitrogens with one attached hydrogen (secondary N) is 2. The molecule has 6 heteroatoms. The van der Waals surface area contributed by atoms with E-state index in [2.05, 4.69) is 10.6 Å². The minimum absolute atomic E-state index is 0.126. The van der Waals surface area contributed by atoms with Crippen molar-refractivity contribution in [1.82, 2.24) is 0 Å². The molecule has 0 fully saturated rings. The van der Waals surface area contributed by atoms with Gasteiger partial charge in [0.2, 0.25) is 0 Å². The van der Waals surface area contributed by atoms with Gasteiger partial charge >= 0.3 is 0 Å². The lowest BCUT2D eigenvalue weighted by molar-refractivity contribution is 0.102. The molecule has 0 aliphatic rings. The van der Waals surface area contributed by atoms with E-state index in [1.807, 2.05) is 0 Å². The fraction of sp³-hybridized carbons (Fsp3) is 0. The third-order valence-electron chi connectivity index (χ3n) is 2.49. The average molecular weight is 289 g/mol. The first-order valence-electron chi connectivity index (χ1n) is 5.78. The number of thiocarbonyl (C=S) groups is 1. The van der Waals surface area contributed by atoms with Crippen molar-refractivity contribution in [3.63, 3.8) is 0 Å². The van der Waals surface area contributed by atoms with Gasteiger partial charge in [-0.3, -0.25) is 4.79 Å². The SMILES string of the molecule is NC(=S)Nc1cccc(C(=O)Nc2ccc(F)cc2)c1. The molecule has 0 spiro atoms. The number of halogens is 1. The van der Waals surface area contributed by atoms with Crippen LogP contribution >= 0.6 is 12.2 Å². The summed E-state index contributed by atoms with van der Waals surface area (Å²) in [5, 5.41) is 5.55. The fourth-order valence-electron chi connectivity index (χ4n) is 1.62. The summed E-state index contributed by atoms with van der Waals surface area (Å²) in [6.45, 7) is 0. The second-order valence-corrected chi connectivity index (χ2v) is 4.47. The molecule has 0 saturated heterocycles. The summed E-state index contributed by atoms with van der Waals surface area (Å²) < 4.78 is 12.8. The summed E-state index contributed by atoms with van der Waals surface area (Å²) in [5.41, 5.74) is 6.96. The first-order valence-corrected chi connectivity index (χ1v) is 6.19. The standard InChI is InChI=1S/C14H12FN3OS/c15-10-4-6-11(7-5-10)17-13(19)9-2-1-3-12(8-9)18-14(16)20/h1-8H,(H,17,19)(H3,16,18,20). The normalized spacial score (nSPS) is 9.85. The zero-order chi connectivity index (χ0) is 14.5. The van der Waals surface area contributed by atoms with E-state index in [0.717, 1.165) is 0 Å². The molecular weight excluding hydrogens is 277 g/mol. The summed E-state index contributed by atoms with van der Waals surface area (Å²) in [5.74, 6) is -0.658. The van der Waals surface area contributed by atoms with Crippen LogP contribution in [0, 0.1) is 5.82 Å². The van der Waals surface area contributed by atoms with E-state index in [0.29, 0.717) is 16.9 Å². The fourth-order valence-corrected chi connectivity index (χ4v) is 1.73. The zero-order valence-corrected chi connectivity index (χ0v) is 11.2. The van der Waals surface area contributed by atoms with Crippen molar-refractivity contribution in [2.75, 3.05) is 10.6 Å². The van der Waals surface area contributed by atoms with E-state index < -0.39 is 0 Å². The Labute approximate surface area is 120 Å². The van der Waals surface area contributed by atoms with Crippen LogP contribution in [0.5, 0.6) is 0 Å². The van der Waals surface area contributed by atoms with Crippen LogP contribution in [0.3, 0.4) is 0 Å². The van der Waals surface area contributed by atoms with Crippen molar-refractivity contribution < 1.29 is 9.18 Å². The highest BCUT2D eigenvalue weighted by atomic mass is 32.1. The number of amides is 1. The van der Waals surface area contributed by atoms with Gasteiger partial charge in [0.15, 0.2) is 5.11 Å². The second kappa shape index (κ2) is 6.12. The number of hydrogen-bond acceptors (Lipinski definition) is 2. The minimum Gasteiger partial charge on any atom is -0.376 e. The van der Waals surface area contributed by atoms with Gasteiger partial charge in [0.1, 0.15) is 5.82 Å². The quantitative estimate of drug-likeness (QED) is 0.760. The number of nitrogens with two attached hydrogens (primary N) is 1. The molecule has 0 aromatic heterocycles. The van der Waals surface area contributed by atoms with E-state index in [1.165, 1.54) is 24.3 Å². The van der Waals surface area contributed by atoms with Crippen molar-refractivity contribution in [3.8, 4) is 0 Å². The van der Waals surface area contributed by atoms with Crippen LogP contribution < -0.4 is 16.4 Å². The van der Waals surface area contributed by atoms with E-state index in [-0.39, 0.29) is 16.8 Å². The van der Waals surface area contributed by atoms with Crippen molar-refractivity contribution in [3.05, 3.63) is 59.9 Å². The van der Waals surface area contributed by atoms with Crippen LogP contribution in [-0.4, -0.2) is 11.0 Å². The maximum atomic E-state index is 12.8. The van der Waals surface area contributed by atoms with E-state index in [1.54, 1.807) is 24.3 Å². The first-order chi connectivity index (χ1) is 9.54. The lowest BCUT2D eigenvalue weighted by Crippen LogP contribution is -2.19. The Morgan fingerprint density at radius 1 is 1.05 bits per heavy atom. The van der Waals surface area contributed by atoms with Gasteiger partial charge in [0.25, 0.3) is 5.91 Å². The van der Waals surface area contributed by atoms with Gasteiger partial charge in [-0.2, -0.15) is 0 Å². The van der Waals surface area contributed by atoms with Gasteiger partial charge in [-0.15, -0.1) is 0 Å². The summed E-state index contributed by atoms with van der Waals surface area (Å²) in [7, 11) is 0. The van der Waals surface area contributed by atoms with Crippen molar-refractivity contribution >= 4 is 34.6 Å². The molecule has 0 heterocycles. The Morgan fingerprint density at radius 2 is 1.75 bits per heavy atom. The third kappa shape index (κ3) is 3.76. The Morgan fingerprint density at radius 3 is 2.40 bits per heavy atom. The molecule has 0 atom stereocenters. The van der Waals surface area contributed by atoms with Gasteiger partial charge in [0.05, 0.1) is 0 Å². The monoisotopic (exact) mass is 289 g/mol. The molecule has 0 aliphatic carbocycles. The van der Waals surface area contributed by atoms with Crippen LogP contribution in [-0.2, 0) is 0 Å². The molecule has 0 radical (unpaired) electrons. The topological polar surface area (TPSA) is 67.1 Å². The van der Waals surface area contributed by atoms with Gasteiger partial charge in [-0.05, 0) is 54.7 Å². The number of benzene rings is 2. The Bertz CT molecular complexity index is 643. The molecule has 20 heavy (non-hydrogen) atoms. The highest BCUT2D eigenvalue weighted by Crippen LogP contribution is 2.14. The number of carbonyl (C=O) groups excluding carboxylic acids is 1. The number of carbonyl (C=O) groups is 1. The third-order valence-corrected chi connectivity index (χ3v) is 2.60. The van der Waals surface area contributed by atoms with Crippen LogP contribution in [0.15, 0.2) is 48.5 Å². The van der Waals surface area contributed by atoms with Crippen LogP contribution in [0.4, 0.5) is 15.8 Å². The molecule has 0 unspecified atom stereocenters. The average Bonchev–Trinajstić information content (AvgIpc) is 2.41. The number of hydrogen-bond donors (Lipinski definition) is 3. The highest BCUT2D eigenvalue weighted by molar-refractivity contribution is 7.80. The van der Waals surface area contributed by atoms with Gasteiger partial charge in [-0.1, -0.05) is 6.07 Å². The minimum atomic E-state index is -0.356. The van der Waals surface area contributed by atoms with E-state index >= 15 is 0 Å². The molecule has 0 saturated carbocycles. The largest absolute Gasteiger partial charge is 0.376 e. The van der Waals surface area contributed by atoms with Crippen LogP contribution in [0.25, 0.3) is 0 Å². The molecule has 2 aromatic carbocycles. The summed E-state index contributed by atoms with van der Waals surface area (Å²) in [6.07, 6.45) is 0. The maximum Gasteiger partial charge on any atom is 0.255 e. The molecule has 1 amide bonds. The van der Waals surface area contributed by atoms with Gasteiger partial charge < -0.3 is 16.4 Å². The summed E-state index contributed by atoms with van der Waals surface area (Å²) in [6, 6.07) is 12.3. The zero-order valence-electron chi connectivity index (χ0n) is 10.4. The number of anilines is 2. The van der Waals surface area contributed by atoms with Crippen molar-refractivity contribution in [2.45, 2.75) is 0 Å². The predicted molar refractivity (Wildman–Crippen MR) is 81.2 cm³/mol. The van der Waals surface area contributed by atoms with E-state index in [4.69, 9.17) is 18.0 Å². The van der Waals surface area contributed by atoms with Crippen molar-refractivity contribution in [1.29, 1.82) is 0 Å². The van der Waals surface area contributed by atoms with Gasteiger partial charge in [0, 0.05) is 16.9 Å². The molecule has 102 valence electrons. The van der Waals surface area contributed by atoms with Crippen LogP contribution in [0.2, 0.25) is 0 Å². The Hall–Kier alpha value is -2.47. The lowest BCUT2D eigenvalue weighted by Gasteiger charge is -2.08. The molecule has 4 N–H and O–H groups in total. The van der Waals surface area contributed by atoms with Crippen LogP contribution in [0.1, 0.15) is 10.4 Å². The van der Waals surface area contributed by atoms with Gasteiger partial charge in [-0.25, -0.2) is 4.39 Å². The molecule has 2 aromatic rings. The molecule has 0 aliphatic heterocycles. The molecular formula is C14H12FN3OS.